The Morgan fingerprint density at radius 1 is 1.24 bits per heavy atom. The van der Waals surface area contributed by atoms with Crippen molar-refractivity contribution < 1.29 is 4.79 Å². The standard InChI is InChI=1S/C17H35N3O/c1-5-10-19(11-6-2)17(21)14-20(15(3)4)13-16-8-7-9-18-12-16/h15-16,18H,5-14H2,1-4H3. The first-order valence-electron chi connectivity index (χ1n) is 8.81. The summed E-state index contributed by atoms with van der Waals surface area (Å²) in [6.45, 7) is 14.3. The molecule has 1 heterocycles. The summed E-state index contributed by atoms with van der Waals surface area (Å²) in [5.41, 5.74) is 0. The quantitative estimate of drug-likeness (QED) is 0.709. The van der Waals surface area contributed by atoms with Crippen LogP contribution in [-0.2, 0) is 4.79 Å². The molecule has 1 aliphatic rings. The largest absolute Gasteiger partial charge is 0.342 e. The molecule has 1 saturated heterocycles. The Bertz CT molecular complexity index is 282. The third-order valence-corrected chi connectivity index (χ3v) is 4.30. The Morgan fingerprint density at radius 2 is 1.90 bits per heavy atom. The second-order valence-electron chi connectivity index (χ2n) is 6.62. The fourth-order valence-electron chi connectivity index (χ4n) is 3.04. The predicted molar refractivity (Wildman–Crippen MR) is 89.5 cm³/mol. The predicted octanol–water partition coefficient (Wildman–Crippen LogP) is 2.34. The average Bonchev–Trinajstić information content (AvgIpc) is 2.47. The van der Waals surface area contributed by atoms with Crippen molar-refractivity contribution in [2.24, 2.45) is 5.92 Å². The molecule has 0 saturated carbocycles. The molecule has 0 aromatic carbocycles. The van der Waals surface area contributed by atoms with Crippen LogP contribution in [0.5, 0.6) is 0 Å². The fourth-order valence-corrected chi connectivity index (χ4v) is 3.04. The van der Waals surface area contributed by atoms with Gasteiger partial charge < -0.3 is 10.2 Å². The van der Waals surface area contributed by atoms with Gasteiger partial charge >= 0.3 is 0 Å². The van der Waals surface area contributed by atoms with Crippen molar-refractivity contribution in [3.05, 3.63) is 0 Å². The first-order chi connectivity index (χ1) is 10.1. The monoisotopic (exact) mass is 297 g/mol. The number of hydrogen-bond acceptors (Lipinski definition) is 3. The maximum absolute atomic E-state index is 12.5. The summed E-state index contributed by atoms with van der Waals surface area (Å²) in [6.07, 6.45) is 4.64. The number of hydrogen-bond donors (Lipinski definition) is 1. The molecule has 0 bridgehead atoms. The van der Waals surface area contributed by atoms with Gasteiger partial charge in [-0.05, 0) is 58.5 Å². The molecule has 1 rings (SSSR count). The lowest BCUT2D eigenvalue weighted by molar-refractivity contribution is -0.133. The van der Waals surface area contributed by atoms with Crippen LogP contribution in [0.2, 0.25) is 0 Å². The van der Waals surface area contributed by atoms with Gasteiger partial charge in [-0.2, -0.15) is 0 Å². The number of piperidine rings is 1. The van der Waals surface area contributed by atoms with Gasteiger partial charge in [0, 0.05) is 25.7 Å². The zero-order chi connectivity index (χ0) is 15.7. The van der Waals surface area contributed by atoms with Crippen LogP contribution in [0.4, 0.5) is 0 Å². The van der Waals surface area contributed by atoms with Crippen LogP contribution >= 0.6 is 0 Å². The van der Waals surface area contributed by atoms with Crippen molar-refractivity contribution in [1.82, 2.24) is 15.1 Å². The molecule has 0 radical (unpaired) electrons. The van der Waals surface area contributed by atoms with Crippen LogP contribution in [0.1, 0.15) is 53.4 Å². The number of rotatable bonds is 9. The highest BCUT2D eigenvalue weighted by atomic mass is 16.2. The second kappa shape index (κ2) is 10.2. The maximum atomic E-state index is 12.5. The minimum atomic E-state index is 0.302. The highest BCUT2D eigenvalue weighted by molar-refractivity contribution is 5.78. The molecule has 0 aliphatic carbocycles. The molecule has 1 atom stereocenters. The van der Waals surface area contributed by atoms with Gasteiger partial charge in [0.1, 0.15) is 0 Å². The van der Waals surface area contributed by atoms with Crippen molar-refractivity contribution in [3.8, 4) is 0 Å². The van der Waals surface area contributed by atoms with E-state index in [2.05, 4.69) is 37.9 Å². The first-order valence-corrected chi connectivity index (χ1v) is 8.81. The van der Waals surface area contributed by atoms with E-state index in [1.807, 2.05) is 4.90 Å². The van der Waals surface area contributed by atoms with E-state index in [0.29, 0.717) is 24.4 Å². The average molecular weight is 297 g/mol. The van der Waals surface area contributed by atoms with Gasteiger partial charge in [0.25, 0.3) is 0 Å². The summed E-state index contributed by atoms with van der Waals surface area (Å²) in [7, 11) is 0. The van der Waals surface area contributed by atoms with E-state index in [4.69, 9.17) is 0 Å². The molecule has 4 heteroatoms. The summed E-state index contributed by atoms with van der Waals surface area (Å²) in [5, 5.41) is 3.47. The molecule has 21 heavy (non-hydrogen) atoms. The SMILES string of the molecule is CCCN(CCC)C(=O)CN(CC1CCCNC1)C(C)C. The molecular formula is C17H35N3O. The number of carbonyl (C=O) groups is 1. The van der Waals surface area contributed by atoms with Crippen LogP contribution in [0.15, 0.2) is 0 Å². The molecule has 1 fully saturated rings. The van der Waals surface area contributed by atoms with E-state index in [-0.39, 0.29) is 0 Å². The van der Waals surface area contributed by atoms with Gasteiger partial charge in [0.05, 0.1) is 6.54 Å². The maximum Gasteiger partial charge on any atom is 0.236 e. The lowest BCUT2D eigenvalue weighted by Crippen LogP contribution is -2.47. The topological polar surface area (TPSA) is 35.6 Å². The van der Waals surface area contributed by atoms with Gasteiger partial charge in [0.15, 0.2) is 0 Å². The van der Waals surface area contributed by atoms with E-state index >= 15 is 0 Å². The van der Waals surface area contributed by atoms with Crippen LogP contribution in [0.3, 0.4) is 0 Å². The molecular weight excluding hydrogens is 262 g/mol. The molecule has 0 aromatic heterocycles. The number of nitrogens with zero attached hydrogens (tertiary/aromatic N) is 2. The second-order valence-corrected chi connectivity index (χ2v) is 6.62. The van der Waals surface area contributed by atoms with Crippen LogP contribution in [-0.4, -0.2) is 61.0 Å². The summed E-state index contributed by atoms with van der Waals surface area (Å²) in [4.78, 5) is 16.9. The highest BCUT2D eigenvalue weighted by Gasteiger charge is 2.22. The summed E-state index contributed by atoms with van der Waals surface area (Å²) in [6, 6.07) is 0.431. The third-order valence-electron chi connectivity index (χ3n) is 4.30. The molecule has 1 amide bonds. The molecule has 0 spiro atoms. The van der Waals surface area contributed by atoms with E-state index < -0.39 is 0 Å². The van der Waals surface area contributed by atoms with Gasteiger partial charge in [-0.25, -0.2) is 0 Å². The van der Waals surface area contributed by atoms with Gasteiger partial charge in [-0.3, -0.25) is 9.69 Å². The van der Waals surface area contributed by atoms with E-state index in [1.54, 1.807) is 0 Å². The molecule has 0 aromatic rings. The minimum Gasteiger partial charge on any atom is -0.342 e. The molecule has 1 aliphatic heterocycles. The molecule has 4 nitrogen and oxygen atoms in total. The highest BCUT2D eigenvalue weighted by Crippen LogP contribution is 2.14. The minimum absolute atomic E-state index is 0.302. The van der Waals surface area contributed by atoms with E-state index in [1.165, 1.54) is 12.8 Å². The fraction of sp³-hybridized carbons (Fsp3) is 0.941. The molecule has 1 N–H and O–H groups in total. The van der Waals surface area contributed by atoms with Crippen LogP contribution < -0.4 is 5.32 Å². The lowest BCUT2D eigenvalue weighted by Gasteiger charge is -2.34. The Morgan fingerprint density at radius 3 is 2.38 bits per heavy atom. The van der Waals surface area contributed by atoms with Crippen molar-refractivity contribution in [2.75, 3.05) is 39.3 Å². The van der Waals surface area contributed by atoms with Crippen molar-refractivity contribution in [1.29, 1.82) is 0 Å². The number of carbonyl (C=O) groups excluding carboxylic acids is 1. The Labute approximate surface area is 131 Å². The third kappa shape index (κ3) is 6.79. The van der Waals surface area contributed by atoms with Gasteiger partial charge in [-0.15, -0.1) is 0 Å². The normalized spacial score (nSPS) is 19.2. The van der Waals surface area contributed by atoms with E-state index in [0.717, 1.165) is 45.6 Å². The van der Waals surface area contributed by atoms with E-state index in [9.17, 15) is 4.79 Å². The summed E-state index contributed by atoms with van der Waals surface area (Å²) >= 11 is 0. The van der Waals surface area contributed by atoms with Crippen LogP contribution in [0, 0.1) is 5.92 Å². The van der Waals surface area contributed by atoms with Crippen molar-refractivity contribution in [2.45, 2.75) is 59.4 Å². The summed E-state index contributed by atoms with van der Waals surface area (Å²) < 4.78 is 0. The van der Waals surface area contributed by atoms with Gasteiger partial charge in [0.2, 0.25) is 5.91 Å². The number of nitrogens with one attached hydrogen (secondary N) is 1. The van der Waals surface area contributed by atoms with Gasteiger partial charge in [-0.1, -0.05) is 13.8 Å². The lowest BCUT2D eigenvalue weighted by atomic mass is 9.98. The zero-order valence-electron chi connectivity index (χ0n) is 14.5. The number of amides is 1. The Hall–Kier alpha value is -0.610. The Balaban J connectivity index is 2.52. The Kier molecular flexibility index (Phi) is 8.93. The van der Waals surface area contributed by atoms with Crippen molar-refractivity contribution >= 4 is 5.91 Å². The smallest absolute Gasteiger partial charge is 0.236 e. The van der Waals surface area contributed by atoms with Crippen molar-refractivity contribution in [3.63, 3.8) is 0 Å². The molecule has 1 unspecified atom stereocenters. The van der Waals surface area contributed by atoms with Crippen LogP contribution in [0.25, 0.3) is 0 Å². The molecule has 124 valence electrons. The first kappa shape index (κ1) is 18.4. The zero-order valence-corrected chi connectivity index (χ0v) is 14.5. The summed E-state index contributed by atoms with van der Waals surface area (Å²) in [5.74, 6) is 0.996.